The summed E-state index contributed by atoms with van der Waals surface area (Å²) in [6, 6.07) is 6.87. The van der Waals surface area contributed by atoms with E-state index in [4.69, 9.17) is 10.6 Å². The molecule has 7 nitrogen and oxygen atoms in total. The molecule has 0 aromatic carbocycles. The van der Waals surface area contributed by atoms with Gasteiger partial charge in [-0.05, 0) is 30.7 Å². The number of carbonyl (C=O) groups is 1. The van der Waals surface area contributed by atoms with E-state index in [1.807, 2.05) is 6.07 Å². The van der Waals surface area contributed by atoms with Crippen molar-refractivity contribution >= 4 is 11.7 Å². The lowest BCUT2D eigenvalue weighted by atomic mass is 10.2. The number of ether oxygens (including phenoxy) is 1. The Balaban J connectivity index is 2.06. The maximum atomic E-state index is 12.1. The van der Waals surface area contributed by atoms with Gasteiger partial charge in [0.25, 0.3) is 5.91 Å². The molecular weight excluding hydrogens is 270 g/mol. The molecule has 0 aliphatic carbocycles. The fraction of sp³-hybridized carbons (Fsp3) is 0.214. The Hall–Kier alpha value is -2.67. The number of nitrogens with one attached hydrogen (secondary N) is 2. The molecule has 110 valence electrons. The lowest BCUT2D eigenvalue weighted by molar-refractivity contribution is 0.0950. The molecule has 0 atom stereocenters. The number of aryl methyl sites for hydroxylation is 1. The number of nitrogen functional groups attached to an aromatic ring is 1. The highest BCUT2D eigenvalue weighted by Crippen LogP contribution is 2.11. The van der Waals surface area contributed by atoms with Crippen molar-refractivity contribution in [2.24, 2.45) is 5.84 Å². The first-order valence-electron chi connectivity index (χ1n) is 6.35. The van der Waals surface area contributed by atoms with Gasteiger partial charge in [0.05, 0.1) is 7.11 Å². The summed E-state index contributed by atoms with van der Waals surface area (Å²) in [7, 11) is 1.55. The second-order valence-electron chi connectivity index (χ2n) is 4.42. The number of carbonyl (C=O) groups excluding carboxylic acids is 1. The molecule has 0 saturated heterocycles. The Morgan fingerprint density at radius 1 is 1.38 bits per heavy atom. The minimum atomic E-state index is -0.201. The summed E-state index contributed by atoms with van der Waals surface area (Å²) in [6.45, 7) is 2.18. The summed E-state index contributed by atoms with van der Waals surface area (Å²) in [5.74, 6) is 6.08. The number of amides is 1. The fourth-order valence-electron chi connectivity index (χ4n) is 1.83. The number of rotatable bonds is 5. The molecule has 0 aliphatic heterocycles. The average Bonchev–Trinajstić information content (AvgIpc) is 2.52. The molecule has 7 heteroatoms. The van der Waals surface area contributed by atoms with E-state index in [9.17, 15) is 4.79 Å². The minimum Gasteiger partial charge on any atom is -0.481 e. The molecule has 0 aliphatic rings. The Kier molecular flexibility index (Phi) is 4.68. The van der Waals surface area contributed by atoms with Crippen LogP contribution in [-0.4, -0.2) is 23.0 Å². The predicted molar refractivity (Wildman–Crippen MR) is 78.7 cm³/mol. The lowest BCUT2D eigenvalue weighted by Gasteiger charge is -2.08. The van der Waals surface area contributed by atoms with Gasteiger partial charge >= 0.3 is 0 Å². The van der Waals surface area contributed by atoms with Crippen LogP contribution >= 0.6 is 0 Å². The Labute approximate surface area is 122 Å². The molecule has 2 rings (SSSR count). The van der Waals surface area contributed by atoms with Crippen LogP contribution in [-0.2, 0) is 6.54 Å². The van der Waals surface area contributed by atoms with Gasteiger partial charge in [-0.25, -0.2) is 15.8 Å². The first-order chi connectivity index (χ1) is 10.1. The van der Waals surface area contributed by atoms with Crippen molar-refractivity contribution in [2.45, 2.75) is 13.5 Å². The van der Waals surface area contributed by atoms with Gasteiger partial charge in [0.2, 0.25) is 5.88 Å². The molecule has 0 saturated carbocycles. The van der Waals surface area contributed by atoms with E-state index >= 15 is 0 Å². The van der Waals surface area contributed by atoms with Crippen LogP contribution in [0.4, 0.5) is 5.82 Å². The van der Waals surface area contributed by atoms with Crippen LogP contribution < -0.4 is 21.3 Å². The topological polar surface area (TPSA) is 102 Å². The van der Waals surface area contributed by atoms with E-state index < -0.39 is 0 Å². The highest BCUT2D eigenvalue weighted by molar-refractivity contribution is 5.94. The third-order valence-corrected chi connectivity index (χ3v) is 2.82. The summed E-state index contributed by atoms with van der Waals surface area (Å²) in [5, 5.41) is 2.83. The molecule has 0 unspecified atom stereocenters. The van der Waals surface area contributed by atoms with E-state index in [0.29, 0.717) is 29.5 Å². The van der Waals surface area contributed by atoms with Gasteiger partial charge < -0.3 is 15.5 Å². The van der Waals surface area contributed by atoms with Crippen molar-refractivity contribution in [1.29, 1.82) is 0 Å². The SMILES string of the molecule is COc1cc(CNC(=O)c2cc(C)nc(NN)c2)ccn1. The minimum absolute atomic E-state index is 0.201. The second-order valence-corrected chi connectivity index (χ2v) is 4.42. The molecule has 0 fully saturated rings. The second kappa shape index (κ2) is 6.67. The first-order valence-corrected chi connectivity index (χ1v) is 6.35. The van der Waals surface area contributed by atoms with Gasteiger partial charge in [0.15, 0.2) is 0 Å². The first kappa shape index (κ1) is 14.7. The molecule has 2 aromatic heterocycles. The Morgan fingerprint density at radius 2 is 2.19 bits per heavy atom. The van der Waals surface area contributed by atoms with Crippen molar-refractivity contribution in [1.82, 2.24) is 15.3 Å². The van der Waals surface area contributed by atoms with Crippen LogP contribution in [0.3, 0.4) is 0 Å². The van der Waals surface area contributed by atoms with Crippen LogP contribution in [0.5, 0.6) is 5.88 Å². The van der Waals surface area contributed by atoms with Crippen molar-refractivity contribution in [2.75, 3.05) is 12.5 Å². The van der Waals surface area contributed by atoms with Gasteiger partial charge in [-0.15, -0.1) is 0 Å². The maximum Gasteiger partial charge on any atom is 0.251 e. The molecule has 0 radical (unpaired) electrons. The van der Waals surface area contributed by atoms with E-state index in [0.717, 1.165) is 5.56 Å². The molecule has 0 spiro atoms. The molecule has 4 N–H and O–H groups in total. The molecule has 2 heterocycles. The maximum absolute atomic E-state index is 12.1. The van der Waals surface area contributed by atoms with Crippen LogP contribution in [0.25, 0.3) is 0 Å². The van der Waals surface area contributed by atoms with Crippen molar-refractivity contribution in [3.05, 3.63) is 47.3 Å². The zero-order valence-corrected chi connectivity index (χ0v) is 11.9. The average molecular weight is 287 g/mol. The summed E-state index contributed by atoms with van der Waals surface area (Å²) >= 11 is 0. The van der Waals surface area contributed by atoms with E-state index in [-0.39, 0.29) is 5.91 Å². The lowest BCUT2D eigenvalue weighted by Crippen LogP contribution is -2.23. The third-order valence-electron chi connectivity index (χ3n) is 2.82. The molecule has 0 bridgehead atoms. The number of hydrogen-bond donors (Lipinski definition) is 3. The zero-order chi connectivity index (χ0) is 15.2. The largest absolute Gasteiger partial charge is 0.481 e. The van der Waals surface area contributed by atoms with Gasteiger partial charge in [-0.2, -0.15) is 0 Å². The van der Waals surface area contributed by atoms with Crippen LogP contribution in [0.2, 0.25) is 0 Å². The number of anilines is 1. The van der Waals surface area contributed by atoms with Crippen LogP contribution in [0, 0.1) is 6.92 Å². The number of hydrazine groups is 1. The monoisotopic (exact) mass is 287 g/mol. The number of nitrogens with two attached hydrogens (primary N) is 1. The molecule has 2 aromatic rings. The summed E-state index contributed by atoms with van der Waals surface area (Å²) in [6.07, 6.45) is 1.63. The molecule has 1 amide bonds. The summed E-state index contributed by atoms with van der Waals surface area (Å²) in [4.78, 5) is 20.3. The Morgan fingerprint density at radius 3 is 2.90 bits per heavy atom. The highest BCUT2D eigenvalue weighted by Gasteiger charge is 2.08. The smallest absolute Gasteiger partial charge is 0.251 e. The summed E-state index contributed by atoms with van der Waals surface area (Å²) in [5.41, 5.74) is 4.54. The fourth-order valence-corrected chi connectivity index (χ4v) is 1.83. The van der Waals surface area contributed by atoms with Crippen molar-refractivity contribution in [3.63, 3.8) is 0 Å². The summed E-state index contributed by atoms with van der Waals surface area (Å²) < 4.78 is 5.04. The number of methoxy groups -OCH3 is 1. The van der Waals surface area contributed by atoms with Gasteiger partial charge in [-0.3, -0.25) is 4.79 Å². The van der Waals surface area contributed by atoms with Crippen LogP contribution in [0.15, 0.2) is 30.5 Å². The van der Waals surface area contributed by atoms with Gasteiger partial charge in [-0.1, -0.05) is 0 Å². The standard InChI is InChI=1S/C14H17N5O2/c1-9-5-11(7-12(18-9)19-15)14(20)17-8-10-3-4-16-13(6-10)21-2/h3-7H,8,15H2,1-2H3,(H,17,20)(H,18,19). The number of hydrogen-bond acceptors (Lipinski definition) is 6. The van der Waals surface area contributed by atoms with E-state index in [1.165, 1.54) is 0 Å². The normalized spacial score (nSPS) is 10.0. The number of aromatic nitrogens is 2. The van der Waals surface area contributed by atoms with Crippen molar-refractivity contribution < 1.29 is 9.53 Å². The van der Waals surface area contributed by atoms with E-state index in [1.54, 1.807) is 38.4 Å². The quantitative estimate of drug-likeness (QED) is 0.560. The van der Waals surface area contributed by atoms with E-state index in [2.05, 4.69) is 20.7 Å². The van der Waals surface area contributed by atoms with Crippen molar-refractivity contribution in [3.8, 4) is 5.88 Å². The predicted octanol–water partition coefficient (Wildman–Crippen LogP) is 1.01. The van der Waals surface area contributed by atoms with Gasteiger partial charge in [0.1, 0.15) is 5.82 Å². The number of nitrogens with zero attached hydrogens (tertiary/aromatic N) is 2. The molecule has 21 heavy (non-hydrogen) atoms. The molecular formula is C14H17N5O2. The third kappa shape index (κ3) is 3.90. The highest BCUT2D eigenvalue weighted by atomic mass is 16.5. The Bertz CT molecular complexity index is 645. The zero-order valence-electron chi connectivity index (χ0n) is 11.9. The van der Waals surface area contributed by atoms with Gasteiger partial charge in [0, 0.05) is 30.1 Å². The number of pyridine rings is 2. The van der Waals surface area contributed by atoms with Crippen LogP contribution in [0.1, 0.15) is 21.6 Å².